The van der Waals surface area contributed by atoms with Crippen molar-refractivity contribution < 1.29 is 9.22 Å². The molecule has 4 aliphatic rings. The summed E-state index contributed by atoms with van der Waals surface area (Å²) in [6, 6.07) is 17.0. The molecule has 49 heavy (non-hydrogen) atoms. The van der Waals surface area contributed by atoms with E-state index in [1.165, 1.54) is 73.9 Å². The number of hydrogen-bond donors (Lipinski definition) is 0. The fourth-order valence-electron chi connectivity index (χ4n) is 12.0. The van der Waals surface area contributed by atoms with Crippen molar-refractivity contribution in [3.63, 3.8) is 0 Å². The van der Waals surface area contributed by atoms with E-state index >= 15 is 0 Å². The van der Waals surface area contributed by atoms with Gasteiger partial charge in [0, 0.05) is 35.4 Å². The largest absolute Gasteiger partial charge is 0.414 e. The summed E-state index contributed by atoms with van der Waals surface area (Å²) < 4.78 is 7.02. The Balaban J connectivity index is 0.951. The number of aromatic nitrogens is 1. The van der Waals surface area contributed by atoms with Crippen molar-refractivity contribution in [3.05, 3.63) is 54.2 Å². The van der Waals surface area contributed by atoms with E-state index in [0.717, 1.165) is 53.6 Å². The van der Waals surface area contributed by atoms with Crippen LogP contribution in [0.15, 0.2) is 48.5 Å². The van der Waals surface area contributed by atoms with Crippen LogP contribution in [0, 0.1) is 46.3 Å². The van der Waals surface area contributed by atoms with Crippen molar-refractivity contribution in [3.8, 4) is 0 Å². The van der Waals surface area contributed by atoms with Crippen LogP contribution in [0.1, 0.15) is 124 Å². The van der Waals surface area contributed by atoms with Crippen LogP contribution in [-0.4, -0.2) is 25.2 Å². The third-order valence-corrected chi connectivity index (χ3v) is 20.4. The number of rotatable bonds is 9. The molecular formula is C45H65NO2Si. The molecule has 4 fully saturated rings. The number of carbonyl (C=O) groups is 1. The lowest BCUT2D eigenvalue weighted by atomic mass is 9.44. The molecule has 4 saturated carbocycles. The van der Waals surface area contributed by atoms with Crippen LogP contribution in [0.25, 0.3) is 21.7 Å². The third-order valence-electron chi connectivity index (χ3n) is 15.9. The lowest BCUT2D eigenvalue weighted by Crippen LogP contribution is -2.55. The first-order chi connectivity index (χ1) is 23.2. The van der Waals surface area contributed by atoms with E-state index in [2.05, 4.69) is 103 Å². The molecule has 1 aromatic heterocycles. The van der Waals surface area contributed by atoms with E-state index in [1.807, 2.05) is 0 Å². The molecule has 9 atom stereocenters. The number of fused-ring (bicyclic) bond motifs is 8. The van der Waals surface area contributed by atoms with Gasteiger partial charge in [0.2, 0.25) is 0 Å². The Bertz CT molecular complexity index is 1670. The molecular weight excluding hydrogens is 615 g/mol. The van der Waals surface area contributed by atoms with Gasteiger partial charge in [-0.15, -0.1) is 0 Å². The van der Waals surface area contributed by atoms with Crippen molar-refractivity contribution >= 4 is 35.8 Å². The topological polar surface area (TPSA) is 39.2 Å². The molecule has 4 heteroatoms. The maximum Gasteiger partial charge on any atom is 0.192 e. The normalized spacial score (nSPS) is 34.0. The van der Waals surface area contributed by atoms with E-state index < -0.39 is 8.32 Å². The summed E-state index contributed by atoms with van der Waals surface area (Å²) in [6.07, 6.45) is 16.0. The van der Waals surface area contributed by atoms with Gasteiger partial charge in [0.25, 0.3) is 0 Å². The Morgan fingerprint density at radius 1 is 0.857 bits per heavy atom. The van der Waals surface area contributed by atoms with Crippen molar-refractivity contribution in [1.82, 2.24) is 4.98 Å². The summed E-state index contributed by atoms with van der Waals surface area (Å²) in [5.41, 5.74) is 3.04. The highest BCUT2D eigenvalue weighted by atomic mass is 28.4. The lowest BCUT2D eigenvalue weighted by Gasteiger charge is -2.61. The average Bonchev–Trinajstić information content (AvgIpc) is 3.43. The van der Waals surface area contributed by atoms with Crippen LogP contribution < -0.4 is 0 Å². The molecule has 0 unspecified atom stereocenters. The monoisotopic (exact) mass is 679 g/mol. The molecule has 0 bridgehead atoms. The minimum absolute atomic E-state index is 0.285. The Morgan fingerprint density at radius 3 is 2.29 bits per heavy atom. The maximum atomic E-state index is 13.4. The van der Waals surface area contributed by atoms with Gasteiger partial charge in [-0.1, -0.05) is 84.0 Å². The molecule has 4 aliphatic carbocycles. The van der Waals surface area contributed by atoms with Crippen molar-refractivity contribution in [2.24, 2.45) is 46.3 Å². The highest BCUT2D eigenvalue weighted by molar-refractivity contribution is 6.74. The minimum atomic E-state index is -1.73. The summed E-state index contributed by atoms with van der Waals surface area (Å²) in [7, 11) is -1.73. The quantitative estimate of drug-likeness (QED) is 0.167. The summed E-state index contributed by atoms with van der Waals surface area (Å²) in [4.78, 5) is 18.4. The Labute approximate surface area is 298 Å². The minimum Gasteiger partial charge on any atom is -0.414 e. The SMILES string of the molecule is C[C@H](CCC(=O)CCc1nc2ccccc2c2ccccc12)[C@H]1CC[C@H]2[C@@H]3CC[C@H]4C[C@H](O[Si](C)(C)C(C)(C)C)CC[C@]4(C)[C@H]3CC[C@]12C. The molecule has 0 saturated heterocycles. The molecule has 2 aromatic carbocycles. The van der Waals surface area contributed by atoms with Gasteiger partial charge in [-0.3, -0.25) is 9.78 Å². The second-order valence-corrected chi connectivity index (χ2v) is 24.1. The third kappa shape index (κ3) is 6.38. The van der Waals surface area contributed by atoms with Gasteiger partial charge >= 0.3 is 0 Å². The molecule has 0 N–H and O–H groups in total. The standard InChI is InChI=1S/C45H65NO2Si/c1-30(17-19-32(47)20-24-42-36-14-10-9-13-34(36)35-15-11-12-16-41(35)46-42)38-22-23-39-37-21-18-31-29-33(48-49(7,8)43(2,3)4)25-27-44(31,5)40(37)26-28-45(38,39)6/h9-16,30-31,33,37-40H,17-29H2,1-8H3/t30-,31+,33-,37+,38-,39+,40+,44+,45-/m1/s1. The molecule has 3 aromatic rings. The first kappa shape index (κ1) is 35.4. The van der Waals surface area contributed by atoms with Crippen LogP contribution in [0.3, 0.4) is 0 Å². The molecule has 266 valence electrons. The van der Waals surface area contributed by atoms with Crippen LogP contribution in [0.2, 0.25) is 18.1 Å². The first-order valence-corrected chi connectivity index (χ1v) is 23.1. The fourth-order valence-corrected chi connectivity index (χ4v) is 13.4. The van der Waals surface area contributed by atoms with Crippen LogP contribution in [-0.2, 0) is 15.6 Å². The molecule has 1 heterocycles. The fraction of sp³-hybridized carbons (Fsp3) is 0.689. The van der Waals surface area contributed by atoms with Crippen LogP contribution >= 0.6 is 0 Å². The van der Waals surface area contributed by atoms with Crippen molar-refractivity contribution in [1.29, 1.82) is 0 Å². The number of nitrogens with zero attached hydrogens (tertiary/aromatic N) is 1. The maximum absolute atomic E-state index is 13.4. The number of carbonyl (C=O) groups excluding carboxylic acids is 1. The van der Waals surface area contributed by atoms with Gasteiger partial charge in [-0.2, -0.15) is 0 Å². The number of hydrogen-bond acceptors (Lipinski definition) is 3. The Morgan fingerprint density at radius 2 is 1.53 bits per heavy atom. The van der Waals surface area contributed by atoms with Gasteiger partial charge < -0.3 is 4.43 Å². The highest BCUT2D eigenvalue weighted by Gasteiger charge is 2.61. The number of benzene rings is 2. The van der Waals surface area contributed by atoms with Gasteiger partial charge in [-0.25, -0.2) is 0 Å². The second-order valence-electron chi connectivity index (χ2n) is 19.3. The Hall–Kier alpha value is -2.04. The van der Waals surface area contributed by atoms with Gasteiger partial charge in [0.1, 0.15) is 5.78 Å². The lowest BCUT2D eigenvalue weighted by molar-refractivity contribution is -0.128. The number of pyridine rings is 1. The molecule has 0 aliphatic heterocycles. The van der Waals surface area contributed by atoms with E-state index in [4.69, 9.17) is 9.41 Å². The summed E-state index contributed by atoms with van der Waals surface area (Å²) >= 11 is 0. The average molecular weight is 680 g/mol. The number of para-hydroxylation sites is 1. The second kappa shape index (κ2) is 13.2. The first-order valence-electron chi connectivity index (χ1n) is 20.2. The van der Waals surface area contributed by atoms with E-state index in [1.54, 1.807) is 0 Å². The van der Waals surface area contributed by atoms with Gasteiger partial charge in [0.15, 0.2) is 8.32 Å². The van der Waals surface area contributed by atoms with Crippen LogP contribution in [0.4, 0.5) is 0 Å². The predicted octanol–water partition coefficient (Wildman–Crippen LogP) is 12.4. The zero-order valence-corrected chi connectivity index (χ0v) is 33.1. The van der Waals surface area contributed by atoms with Crippen molar-refractivity contribution in [2.75, 3.05) is 0 Å². The highest BCUT2D eigenvalue weighted by Crippen LogP contribution is 2.68. The van der Waals surface area contributed by atoms with Gasteiger partial charge in [0.05, 0.1) is 5.52 Å². The molecule has 7 rings (SSSR count). The van der Waals surface area contributed by atoms with E-state index in [9.17, 15) is 4.79 Å². The van der Waals surface area contributed by atoms with Crippen molar-refractivity contribution in [2.45, 2.75) is 149 Å². The number of ketones is 1. The zero-order chi connectivity index (χ0) is 34.8. The van der Waals surface area contributed by atoms with Crippen LogP contribution in [0.5, 0.6) is 0 Å². The summed E-state index contributed by atoms with van der Waals surface area (Å²) in [6.45, 7) is 19.9. The Kier molecular flexibility index (Phi) is 9.51. The van der Waals surface area contributed by atoms with Gasteiger partial charge in [-0.05, 0) is 147 Å². The predicted molar refractivity (Wildman–Crippen MR) is 208 cm³/mol. The number of aryl methyl sites for hydroxylation is 1. The summed E-state index contributed by atoms with van der Waals surface area (Å²) in [5, 5.41) is 3.92. The van der Waals surface area contributed by atoms with E-state index in [-0.39, 0.29) is 5.04 Å². The number of Topliss-reactive ketones (excluding diaryl/α,β-unsaturated/α-hetero) is 1. The molecule has 0 radical (unpaired) electrons. The smallest absolute Gasteiger partial charge is 0.192 e. The van der Waals surface area contributed by atoms with E-state index in [0.29, 0.717) is 41.5 Å². The zero-order valence-electron chi connectivity index (χ0n) is 32.1. The molecule has 0 spiro atoms. The molecule has 3 nitrogen and oxygen atoms in total. The molecule has 0 amide bonds. The summed E-state index contributed by atoms with van der Waals surface area (Å²) in [5.74, 6) is 5.30.